The van der Waals surface area contributed by atoms with Crippen LogP contribution in [0.4, 0.5) is 39.5 Å². The van der Waals surface area contributed by atoms with E-state index in [9.17, 15) is 58.7 Å². The Bertz CT molecular complexity index is 4080. The summed E-state index contributed by atoms with van der Waals surface area (Å²) >= 11 is 0. The number of alkyl halides is 7. The summed E-state index contributed by atoms with van der Waals surface area (Å²) in [5, 5.41) is 11.9. The molecule has 4 aromatic heterocycles. The number of fused-ring (bicyclic) bond motifs is 6. The lowest BCUT2D eigenvalue weighted by Gasteiger charge is -2.28. The molecule has 6 aromatic carbocycles. The summed E-state index contributed by atoms with van der Waals surface area (Å²) in [6, 6.07) is 29.4. The van der Waals surface area contributed by atoms with Crippen molar-refractivity contribution in [2.45, 2.75) is 58.2 Å². The van der Waals surface area contributed by atoms with Crippen molar-refractivity contribution in [2.75, 3.05) is 27.7 Å². The van der Waals surface area contributed by atoms with Crippen LogP contribution in [0.3, 0.4) is 0 Å². The second-order valence-corrected chi connectivity index (χ2v) is 19.6. The molecule has 0 fully saturated rings. The third-order valence-corrected chi connectivity index (χ3v) is 13.1. The number of nitrogens with one attached hydrogen (secondary N) is 6. The number of carbonyl (C=O) groups excluding carboxylic acids is 4. The number of halogens is 9. The van der Waals surface area contributed by atoms with E-state index in [1.807, 2.05) is 71.1 Å². The number of methoxy groups -OCH3 is 1. The van der Waals surface area contributed by atoms with E-state index in [0.717, 1.165) is 35.2 Å². The van der Waals surface area contributed by atoms with Crippen LogP contribution in [-0.2, 0) is 0 Å². The van der Waals surface area contributed by atoms with Gasteiger partial charge in [-0.15, -0.1) is 0 Å². The Morgan fingerprint density at radius 1 is 0.554 bits per heavy atom. The first-order valence-electron chi connectivity index (χ1n) is 25.6. The second kappa shape index (κ2) is 23.2. The number of aromatic nitrogens is 2. The molecular formula is C61H53F9N6O7. The molecule has 0 saturated heterocycles. The smallest absolute Gasteiger partial charge is 0.459 e. The molecule has 0 aliphatic heterocycles. The summed E-state index contributed by atoms with van der Waals surface area (Å²) in [5.74, 6) is -15.1. The normalized spacial score (nSPS) is 11.9. The van der Waals surface area contributed by atoms with E-state index in [0.29, 0.717) is 60.8 Å². The molecule has 432 valence electrons. The van der Waals surface area contributed by atoms with Gasteiger partial charge in [0.15, 0.2) is 0 Å². The number of hydrogen-bond acceptors (Lipinski definition) is 7. The number of hydrogen-bond donors (Lipinski definition) is 6. The maximum atomic E-state index is 13.9. The first-order chi connectivity index (χ1) is 39.3. The highest BCUT2D eigenvalue weighted by Crippen LogP contribution is 2.47. The van der Waals surface area contributed by atoms with Gasteiger partial charge in [0.05, 0.1) is 41.4 Å². The van der Waals surface area contributed by atoms with Gasteiger partial charge in [0.1, 0.15) is 40.1 Å². The van der Waals surface area contributed by atoms with Crippen LogP contribution in [0.1, 0.15) is 76.1 Å². The SMILES string of the molecule is CC.CNC(=O)c1c(-c2ccc(F)cc2)oc2c1cc(-c1ccc(OC)c(C(=O)NCC(F)(F)C(F)(F)C(F)(F)F)c1)c1[nH]ccc12.CNC(=O)c1c(-c2ccc(F)cc2)oc2c1cc(-c1cccc(C(=O)NC(C)(C)C)c1)c1[nH]ccc12. The van der Waals surface area contributed by atoms with Gasteiger partial charge in [-0.1, -0.05) is 32.0 Å². The maximum Gasteiger partial charge on any atom is 0.459 e. The molecule has 0 aliphatic rings. The van der Waals surface area contributed by atoms with Crippen LogP contribution in [0.5, 0.6) is 5.75 Å². The van der Waals surface area contributed by atoms with E-state index < -0.39 is 47.8 Å². The molecule has 6 N–H and O–H groups in total. The van der Waals surface area contributed by atoms with Crippen molar-refractivity contribution in [3.63, 3.8) is 0 Å². The molecular weight excluding hydrogens is 1100 g/mol. The second-order valence-electron chi connectivity index (χ2n) is 19.6. The Morgan fingerprint density at radius 2 is 1.01 bits per heavy atom. The molecule has 0 atom stereocenters. The topological polar surface area (TPSA) is 183 Å². The average Bonchev–Trinajstić information content (AvgIpc) is 4.19. The Hall–Kier alpha value is -9.47. The highest BCUT2D eigenvalue weighted by molar-refractivity contribution is 6.21. The first-order valence-corrected chi connectivity index (χ1v) is 25.6. The Kier molecular flexibility index (Phi) is 16.7. The molecule has 22 heteroatoms. The van der Waals surface area contributed by atoms with Gasteiger partial charge in [0.2, 0.25) is 0 Å². The summed E-state index contributed by atoms with van der Waals surface area (Å²) in [6.07, 6.45) is -3.19. The van der Waals surface area contributed by atoms with E-state index in [1.54, 1.807) is 43.6 Å². The number of furan rings is 2. The van der Waals surface area contributed by atoms with Crippen LogP contribution in [-0.4, -0.2) is 84.9 Å². The summed E-state index contributed by atoms with van der Waals surface area (Å²) < 4.78 is 137. The average molecular weight is 1150 g/mol. The molecule has 10 rings (SSSR count). The minimum Gasteiger partial charge on any atom is -0.496 e. The van der Waals surface area contributed by atoms with Gasteiger partial charge in [-0.05, 0) is 129 Å². The van der Waals surface area contributed by atoms with Crippen LogP contribution in [0, 0.1) is 11.6 Å². The molecule has 0 saturated carbocycles. The van der Waals surface area contributed by atoms with Crippen molar-refractivity contribution in [3.05, 3.63) is 162 Å². The number of amides is 4. The van der Waals surface area contributed by atoms with Gasteiger partial charge in [-0.2, -0.15) is 30.7 Å². The van der Waals surface area contributed by atoms with Gasteiger partial charge in [-0.3, -0.25) is 19.2 Å². The van der Waals surface area contributed by atoms with Crippen molar-refractivity contribution in [2.24, 2.45) is 0 Å². The predicted octanol–water partition coefficient (Wildman–Crippen LogP) is 14.6. The molecule has 0 unspecified atom stereocenters. The largest absolute Gasteiger partial charge is 0.496 e. The molecule has 10 aromatic rings. The highest BCUT2D eigenvalue weighted by atomic mass is 19.4. The fourth-order valence-electron chi connectivity index (χ4n) is 9.22. The highest BCUT2D eigenvalue weighted by Gasteiger charge is 2.72. The van der Waals surface area contributed by atoms with Crippen LogP contribution < -0.4 is 26.0 Å². The molecule has 4 heterocycles. The van der Waals surface area contributed by atoms with Gasteiger partial charge in [-0.25, -0.2) is 8.78 Å². The molecule has 4 amide bonds. The zero-order chi connectivity index (χ0) is 60.5. The third kappa shape index (κ3) is 11.6. The van der Waals surface area contributed by atoms with Gasteiger partial charge in [0, 0.05) is 81.4 Å². The number of rotatable bonds is 12. The summed E-state index contributed by atoms with van der Waals surface area (Å²) in [7, 11) is 4.09. The minimum atomic E-state index is -6.56. The monoisotopic (exact) mass is 1150 g/mol. The van der Waals surface area contributed by atoms with Crippen LogP contribution in [0.25, 0.3) is 88.6 Å². The zero-order valence-corrected chi connectivity index (χ0v) is 45.6. The van der Waals surface area contributed by atoms with E-state index in [2.05, 4.69) is 25.9 Å². The molecule has 13 nitrogen and oxygen atoms in total. The standard InChI is InChI=1S/C30H21F8N3O4.C29H26FN3O3.C2H6/c1-39-27(43)22-20-12-18(23-17(9-10-40-23)25(20)45-24(22)14-3-6-16(31)7-4-14)15-5-8-21(44-2)19(11-15)26(42)41-13-28(32,33)29(34,35)30(36,37)38;1-29(2,3)33-27(34)18-7-5-6-17(14-18)21-15-22-23(28(35)31-4)25(16-8-10-19(30)11-9-16)36-26(22)20-12-13-32-24(20)21;1-2/h3-12,40H,13H2,1-2H3,(H,39,43)(H,41,42);5-15,32H,1-4H3,(H,31,35)(H,33,34);1-2H3. The fourth-order valence-corrected chi connectivity index (χ4v) is 9.22. The predicted molar refractivity (Wildman–Crippen MR) is 298 cm³/mol. The first kappa shape index (κ1) is 59.6. The molecule has 0 spiro atoms. The Balaban J connectivity index is 0.000000215. The van der Waals surface area contributed by atoms with E-state index in [-0.39, 0.29) is 51.4 Å². The summed E-state index contributed by atoms with van der Waals surface area (Å²) in [6.45, 7) is 7.48. The lowest BCUT2D eigenvalue weighted by atomic mass is 9.96. The Labute approximate surface area is 467 Å². The van der Waals surface area contributed by atoms with Gasteiger partial charge in [0.25, 0.3) is 23.6 Å². The molecule has 0 radical (unpaired) electrons. The lowest BCUT2D eigenvalue weighted by Crippen LogP contribution is -2.56. The number of benzene rings is 6. The van der Waals surface area contributed by atoms with Crippen molar-refractivity contribution in [3.8, 4) is 50.7 Å². The van der Waals surface area contributed by atoms with Gasteiger partial charge < -0.3 is 44.8 Å². The fraction of sp³-hybridized carbons (Fsp3) is 0.213. The van der Waals surface area contributed by atoms with Crippen LogP contribution in [0.2, 0.25) is 0 Å². The van der Waals surface area contributed by atoms with E-state index in [1.165, 1.54) is 60.9 Å². The third-order valence-electron chi connectivity index (χ3n) is 13.1. The zero-order valence-electron chi connectivity index (χ0n) is 45.6. The Morgan fingerprint density at radius 3 is 1.45 bits per heavy atom. The minimum absolute atomic E-state index is 0.0998. The number of H-pyrrole nitrogens is 2. The van der Waals surface area contributed by atoms with Crippen LogP contribution >= 0.6 is 0 Å². The number of ether oxygens (including phenoxy) is 1. The van der Waals surface area contributed by atoms with Crippen LogP contribution in [0.15, 0.2) is 136 Å². The maximum absolute atomic E-state index is 13.9. The van der Waals surface area contributed by atoms with Gasteiger partial charge >= 0.3 is 18.0 Å². The van der Waals surface area contributed by atoms with Crippen molar-refractivity contribution in [1.82, 2.24) is 31.2 Å². The number of carbonyl (C=O) groups is 4. The quantitative estimate of drug-likeness (QED) is 0.0658. The number of aromatic amines is 2. The molecule has 0 bridgehead atoms. The van der Waals surface area contributed by atoms with Crippen molar-refractivity contribution >= 4 is 67.4 Å². The lowest BCUT2D eigenvalue weighted by molar-refractivity contribution is -0.352. The van der Waals surface area contributed by atoms with Crippen molar-refractivity contribution in [1.29, 1.82) is 0 Å². The van der Waals surface area contributed by atoms with E-state index in [4.69, 9.17) is 13.6 Å². The summed E-state index contributed by atoms with van der Waals surface area (Å²) in [5.41, 5.74) is 5.52. The van der Waals surface area contributed by atoms with E-state index >= 15 is 0 Å². The molecule has 0 aliphatic carbocycles. The van der Waals surface area contributed by atoms with Crippen molar-refractivity contribution < 1.29 is 72.3 Å². The summed E-state index contributed by atoms with van der Waals surface area (Å²) in [4.78, 5) is 58.1. The molecule has 83 heavy (non-hydrogen) atoms.